The lowest BCUT2D eigenvalue weighted by Crippen LogP contribution is -2.27. The predicted octanol–water partition coefficient (Wildman–Crippen LogP) is 4.17. The predicted molar refractivity (Wildman–Crippen MR) is 109 cm³/mol. The van der Waals surface area contributed by atoms with E-state index in [2.05, 4.69) is 15.0 Å². The van der Waals surface area contributed by atoms with Gasteiger partial charge in [0.25, 0.3) is 0 Å². The Morgan fingerprint density at radius 3 is 2.38 bits per heavy atom. The Hall–Kier alpha value is -1.78. The average molecular weight is 446 g/mol. The molecule has 1 fully saturated rings. The summed E-state index contributed by atoms with van der Waals surface area (Å²) in [4.78, 5) is 3.64. The zero-order valence-electron chi connectivity index (χ0n) is 16.0. The molecule has 0 atom stereocenters. The summed E-state index contributed by atoms with van der Waals surface area (Å²) in [5.74, 6) is -2.45. The second-order valence-corrected chi connectivity index (χ2v) is 9.94. The van der Waals surface area contributed by atoms with E-state index < -0.39 is 26.6 Å². The Balaban J connectivity index is 1.58. The number of nitrogens with one attached hydrogen (secondary N) is 2. The van der Waals surface area contributed by atoms with Crippen LogP contribution in [-0.4, -0.2) is 31.1 Å². The van der Waals surface area contributed by atoms with Crippen LogP contribution in [-0.2, 0) is 16.4 Å². The molecule has 1 aromatic carbocycles. The number of benzene rings is 1. The van der Waals surface area contributed by atoms with Crippen LogP contribution in [0.1, 0.15) is 49.8 Å². The van der Waals surface area contributed by atoms with E-state index in [9.17, 15) is 22.3 Å². The van der Waals surface area contributed by atoms with Gasteiger partial charge in [0.15, 0.2) is 10.0 Å². The molecule has 160 valence electrons. The zero-order chi connectivity index (χ0) is 20.9. The van der Waals surface area contributed by atoms with Gasteiger partial charge in [0.2, 0.25) is 15.9 Å². The van der Waals surface area contributed by atoms with E-state index in [1.54, 1.807) is 0 Å². The minimum atomic E-state index is -4.34. The van der Waals surface area contributed by atoms with E-state index in [1.165, 1.54) is 30.6 Å². The highest BCUT2D eigenvalue weighted by Gasteiger charge is 2.24. The van der Waals surface area contributed by atoms with E-state index in [0.29, 0.717) is 16.1 Å². The molecule has 1 aliphatic carbocycles. The van der Waals surface area contributed by atoms with E-state index in [-0.39, 0.29) is 18.8 Å². The molecular weight excluding hydrogens is 420 g/mol. The number of anilines is 1. The van der Waals surface area contributed by atoms with Gasteiger partial charge in [-0.15, -0.1) is 0 Å². The highest BCUT2D eigenvalue weighted by atomic mass is 32.2. The summed E-state index contributed by atoms with van der Waals surface area (Å²) in [5.41, 5.74) is 0. The maximum atomic E-state index is 13.7. The van der Waals surface area contributed by atoms with Crippen LogP contribution in [0.15, 0.2) is 23.1 Å². The van der Waals surface area contributed by atoms with Crippen LogP contribution in [0.5, 0.6) is 5.88 Å². The lowest BCUT2D eigenvalue weighted by Gasteiger charge is -2.20. The summed E-state index contributed by atoms with van der Waals surface area (Å²) < 4.78 is 54.0. The van der Waals surface area contributed by atoms with Gasteiger partial charge in [-0.25, -0.2) is 21.9 Å². The number of nitrogens with zero attached hydrogens (tertiary/aromatic N) is 1. The van der Waals surface area contributed by atoms with E-state index in [1.807, 2.05) is 0 Å². The molecule has 0 spiro atoms. The Kier molecular flexibility index (Phi) is 7.42. The summed E-state index contributed by atoms with van der Waals surface area (Å²) in [6.07, 6.45) is 8.34. The molecule has 29 heavy (non-hydrogen) atoms. The van der Waals surface area contributed by atoms with E-state index >= 15 is 0 Å². The van der Waals surface area contributed by atoms with Gasteiger partial charge in [0.05, 0.1) is 4.88 Å². The molecule has 0 aliphatic heterocycles. The fraction of sp³-hybridized carbons (Fsp3) is 0.526. The number of thiazole rings is 1. The van der Waals surface area contributed by atoms with Crippen LogP contribution >= 0.6 is 11.3 Å². The summed E-state index contributed by atoms with van der Waals surface area (Å²) in [6, 6.07) is 3.19. The SMILES string of the molecule is O=S(=O)(NCCc1sc(NC2CCCCCCC2)nc1O)c1c(F)cccc1F. The second-order valence-electron chi connectivity index (χ2n) is 7.15. The average Bonchev–Trinajstić information content (AvgIpc) is 2.96. The molecule has 0 amide bonds. The van der Waals surface area contributed by atoms with Gasteiger partial charge >= 0.3 is 0 Å². The van der Waals surface area contributed by atoms with Gasteiger partial charge in [-0.3, -0.25) is 0 Å². The van der Waals surface area contributed by atoms with Crippen molar-refractivity contribution in [3.05, 3.63) is 34.7 Å². The minimum absolute atomic E-state index is 0.116. The third-order valence-electron chi connectivity index (χ3n) is 4.94. The molecule has 0 bridgehead atoms. The molecule has 0 radical (unpaired) electrons. The quantitative estimate of drug-likeness (QED) is 0.595. The van der Waals surface area contributed by atoms with Crippen molar-refractivity contribution in [1.29, 1.82) is 0 Å². The fourth-order valence-corrected chi connectivity index (χ4v) is 5.55. The first-order chi connectivity index (χ1) is 13.9. The number of hydrogen-bond donors (Lipinski definition) is 3. The van der Waals surface area contributed by atoms with Crippen LogP contribution in [0, 0.1) is 11.6 Å². The van der Waals surface area contributed by atoms with Gasteiger partial charge in [0, 0.05) is 19.0 Å². The molecule has 3 rings (SSSR count). The van der Waals surface area contributed by atoms with Crippen LogP contribution in [0.2, 0.25) is 0 Å². The summed E-state index contributed by atoms with van der Waals surface area (Å²) >= 11 is 1.26. The molecular formula is C19H25F2N3O3S2. The van der Waals surface area contributed by atoms with Crippen LogP contribution in [0.3, 0.4) is 0 Å². The maximum absolute atomic E-state index is 13.7. The molecule has 1 aliphatic rings. The first-order valence-corrected chi connectivity index (χ1v) is 12.1. The maximum Gasteiger partial charge on any atom is 0.246 e. The fourth-order valence-electron chi connectivity index (χ4n) is 3.45. The Bertz CT molecular complexity index is 907. The monoisotopic (exact) mass is 445 g/mol. The molecule has 0 unspecified atom stereocenters. The van der Waals surface area contributed by atoms with E-state index in [0.717, 1.165) is 43.9 Å². The molecule has 1 heterocycles. The van der Waals surface area contributed by atoms with Crippen molar-refractivity contribution in [2.24, 2.45) is 0 Å². The Morgan fingerprint density at radius 2 is 1.72 bits per heavy atom. The topological polar surface area (TPSA) is 91.3 Å². The second kappa shape index (κ2) is 9.82. The summed E-state index contributed by atoms with van der Waals surface area (Å²) in [5, 5.41) is 14.0. The number of rotatable bonds is 7. The standard InChI is InChI=1S/C19H25F2N3O3S2/c20-14-9-6-10-15(21)17(14)29(26,27)22-12-11-16-18(25)24-19(28-16)23-13-7-4-2-1-3-5-8-13/h6,9-10,13,22,25H,1-5,7-8,11-12H2,(H,23,24). The van der Waals surface area contributed by atoms with Crippen molar-refractivity contribution >= 4 is 26.5 Å². The molecule has 6 nitrogen and oxygen atoms in total. The minimum Gasteiger partial charge on any atom is -0.492 e. The van der Waals surface area contributed by atoms with Gasteiger partial charge < -0.3 is 10.4 Å². The number of halogens is 2. The van der Waals surface area contributed by atoms with Crippen molar-refractivity contribution in [2.75, 3.05) is 11.9 Å². The van der Waals surface area contributed by atoms with Crippen molar-refractivity contribution in [2.45, 2.75) is 62.3 Å². The Morgan fingerprint density at radius 1 is 1.10 bits per heavy atom. The Labute approximate surface area is 173 Å². The molecule has 3 N–H and O–H groups in total. The number of aromatic hydroxyl groups is 1. The first-order valence-electron chi connectivity index (χ1n) is 9.75. The van der Waals surface area contributed by atoms with Crippen molar-refractivity contribution in [3.8, 4) is 5.88 Å². The number of aromatic nitrogens is 1. The largest absolute Gasteiger partial charge is 0.492 e. The van der Waals surface area contributed by atoms with Crippen LogP contribution in [0.4, 0.5) is 13.9 Å². The van der Waals surface area contributed by atoms with Crippen molar-refractivity contribution in [3.63, 3.8) is 0 Å². The number of hydrogen-bond acceptors (Lipinski definition) is 6. The zero-order valence-corrected chi connectivity index (χ0v) is 17.6. The van der Waals surface area contributed by atoms with Crippen molar-refractivity contribution < 1.29 is 22.3 Å². The van der Waals surface area contributed by atoms with E-state index in [4.69, 9.17) is 0 Å². The smallest absolute Gasteiger partial charge is 0.246 e. The summed E-state index contributed by atoms with van der Waals surface area (Å²) in [7, 11) is -4.34. The summed E-state index contributed by atoms with van der Waals surface area (Å²) in [6.45, 7) is -0.116. The normalized spacial score (nSPS) is 16.3. The lowest BCUT2D eigenvalue weighted by atomic mass is 9.97. The van der Waals surface area contributed by atoms with Gasteiger partial charge in [-0.1, -0.05) is 49.5 Å². The molecule has 0 saturated heterocycles. The third-order valence-corrected chi connectivity index (χ3v) is 7.49. The molecule has 1 aromatic heterocycles. The van der Waals surface area contributed by atoms with Gasteiger partial charge in [-0.05, 0) is 25.0 Å². The van der Waals surface area contributed by atoms with Crippen LogP contribution in [0.25, 0.3) is 0 Å². The van der Waals surface area contributed by atoms with Gasteiger partial charge in [0.1, 0.15) is 11.6 Å². The highest BCUT2D eigenvalue weighted by molar-refractivity contribution is 7.89. The number of sulfonamides is 1. The van der Waals surface area contributed by atoms with Crippen LogP contribution < -0.4 is 10.0 Å². The third kappa shape index (κ3) is 5.86. The molecule has 2 aromatic rings. The highest BCUT2D eigenvalue weighted by Crippen LogP contribution is 2.30. The van der Waals surface area contributed by atoms with Gasteiger partial charge in [-0.2, -0.15) is 4.98 Å². The molecule has 10 heteroatoms. The van der Waals surface area contributed by atoms with Crippen molar-refractivity contribution in [1.82, 2.24) is 9.71 Å². The lowest BCUT2D eigenvalue weighted by molar-refractivity contribution is 0.449. The molecule has 1 saturated carbocycles. The first kappa shape index (κ1) is 21.9.